The fourth-order valence-electron chi connectivity index (χ4n) is 9.87. The van der Waals surface area contributed by atoms with E-state index in [4.69, 9.17) is 20.4 Å². The Hall–Kier alpha value is -0.240. The second kappa shape index (κ2) is 23.1. The monoisotopic (exact) mass is 629 g/mol. The molecule has 6 rings (SSSR count). The van der Waals surface area contributed by atoms with Crippen molar-refractivity contribution in [3.8, 4) is 0 Å². The molecule has 6 N–H and O–H groups in total. The summed E-state index contributed by atoms with van der Waals surface area (Å²) in [5.41, 5.74) is 0.109. The first-order valence-corrected chi connectivity index (χ1v) is 18.9. The van der Waals surface area contributed by atoms with E-state index in [1.165, 1.54) is 77.0 Å². The molecule has 0 radical (unpaired) electrons. The summed E-state index contributed by atoms with van der Waals surface area (Å²) in [6.45, 7) is 14.5. The number of fused-ring (bicyclic) bond motifs is 6. The molecule has 6 aliphatic rings. The first-order valence-electron chi connectivity index (χ1n) is 18.9. The number of hydrogen-bond donors (Lipinski definition) is 6. The normalized spacial score (nSPS) is 38.2. The van der Waals surface area contributed by atoms with Crippen molar-refractivity contribution in [3.05, 3.63) is 0 Å². The van der Waals surface area contributed by atoms with Gasteiger partial charge in [0.15, 0.2) is 0 Å². The molecule has 6 aliphatic carbocycles. The summed E-state index contributed by atoms with van der Waals surface area (Å²) in [6.07, 6.45) is 18.4. The maximum absolute atomic E-state index is 9.36. The first kappa shape index (κ1) is 41.8. The number of hydrogen-bond acceptors (Lipinski definition) is 6. The molecular weight excluding hydrogens is 552 g/mol. The third kappa shape index (κ3) is 11.5. The molecule has 0 spiro atoms. The molecule has 0 saturated heterocycles. The Bertz CT molecular complexity index is 669. The Morgan fingerprint density at radius 1 is 0.500 bits per heavy atom. The highest BCUT2D eigenvalue weighted by atomic mass is 16.3. The topological polar surface area (TPSA) is 121 Å². The van der Waals surface area contributed by atoms with Crippen molar-refractivity contribution in [2.24, 2.45) is 64.6 Å². The van der Waals surface area contributed by atoms with Gasteiger partial charge in [-0.05, 0) is 135 Å². The summed E-state index contributed by atoms with van der Waals surface area (Å²) in [5.74, 6) is 6.57. The van der Waals surface area contributed by atoms with Gasteiger partial charge in [-0.2, -0.15) is 0 Å². The Kier molecular flexibility index (Phi) is 22.0. The first-order chi connectivity index (χ1) is 21.3. The Labute approximate surface area is 272 Å². The molecule has 0 aromatic carbocycles. The third-order valence-corrected chi connectivity index (χ3v) is 11.7. The molecule has 6 nitrogen and oxygen atoms in total. The Balaban J connectivity index is 0.000000291. The van der Waals surface area contributed by atoms with Crippen molar-refractivity contribution < 1.29 is 30.6 Å². The van der Waals surface area contributed by atoms with Crippen molar-refractivity contribution >= 4 is 0 Å². The van der Waals surface area contributed by atoms with Gasteiger partial charge in [-0.1, -0.05) is 67.2 Å². The van der Waals surface area contributed by atoms with Crippen LogP contribution in [0.2, 0.25) is 0 Å². The van der Waals surface area contributed by atoms with Crippen LogP contribution in [0.4, 0.5) is 0 Å². The van der Waals surface area contributed by atoms with Crippen LogP contribution in [-0.2, 0) is 0 Å². The van der Waals surface area contributed by atoms with Gasteiger partial charge in [0.1, 0.15) is 0 Å². The minimum Gasteiger partial charge on any atom is -0.396 e. The average Bonchev–Trinajstić information content (AvgIpc) is 3.88. The predicted octanol–water partition coefficient (Wildman–Crippen LogP) is 7.07. The zero-order valence-electron chi connectivity index (χ0n) is 29.8. The smallest absolute Gasteiger partial charge is 0.0491 e. The van der Waals surface area contributed by atoms with Crippen molar-refractivity contribution in [2.45, 2.75) is 138 Å². The van der Waals surface area contributed by atoms with E-state index in [9.17, 15) is 10.2 Å². The van der Waals surface area contributed by atoms with Crippen LogP contribution >= 0.6 is 0 Å². The van der Waals surface area contributed by atoms with Crippen LogP contribution in [0.15, 0.2) is 0 Å². The molecule has 6 fully saturated rings. The maximum Gasteiger partial charge on any atom is 0.0491 e. The minimum atomic E-state index is 0.109. The average molecular weight is 629 g/mol. The molecular formula is C38H76O6. The van der Waals surface area contributed by atoms with Gasteiger partial charge < -0.3 is 30.6 Å². The number of aliphatic hydroxyl groups is 6. The molecule has 0 aromatic heterocycles. The van der Waals surface area contributed by atoms with E-state index in [0.29, 0.717) is 42.8 Å². The summed E-state index contributed by atoms with van der Waals surface area (Å²) >= 11 is 0. The molecule has 44 heavy (non-hydrogen) atoms. The van der Waals surface area contributed by atoms with Gasteiger partial charge in [0.2, 0.25) is 0 Å². The lowest BCUT2D eigenvalue weighted by Gasteiger charge is -2.35. The van der Waals surface area contributed by atoms with E-state index in [2.05, 4.69) is 41.5 Å². The van der Waals surface area contributed by atoms with Crippen molar-refractivity contribution in [1.29, 1.82) is 0 Å². The van der Waals surface area contributed by atoms with E-state index in [1.54, 1.807) is 0 Å². The van der Waals surface area contributed by atoms with Crippen LogP contribution in [0.25, 0.3) is 0 Å². The highest BCUT2D eigenvalue weighted by Crippen LogP contribution is 2.57. The van der Waals surface area contributed by atoms with Crippen LogP contribution in [0, 0.1) is 64.6 Å². The Morgan fingerprint density at radius 2 is 0.909 bits per heavy atom. The van der Waals surface area contributed by atoms with Gasteiger partial charge in [-0.3, -0.25) is 0 Å². The zero-order valence-corrected chi connectivity index (χ0v) is 29.8. The van der Waals surface area contributed by atoms with E-state index < -0.39 is 0 Å². The highest BCUT2D eigenvalue weighted by Gasteiger charge is 2.50. The molecule has 0 aromatic rings. The van der Waals surface area contributed by atoms with Crippen LogP contribution in [0.5, 0.6) is 0 Å². The molecule has 264 valence electrons. The van der Waals surface area contributed by atoms with Crippen LogP contribution in [-0.4, -0.2) is 70.3 Å². The van der Waals surface area contributed by atoms with Crippen LogP contribution in [0.1, 0.15) is 138 Å². The summed E-state index contributed by atoms with van der Waals surface area (Å²) in [4.78, 5) is 0. The lowest BCUT2D eigenvalue weighted by Crippen LogP contribution is -2.32. The second-order valence-electron chi connectivity index (χ2n) is 15.1. The fraction of sp³-hybridized carbons (Fsp3) is 1.00. The van der Waals surface area contributed by atoms with E-state index in [0.717, 1.165) is 48.9 Å². The standard InChI is InChI=1S/2C10H18O2.C9H16O2.3C3H8/c11-4-3-10(7-12)6-8-1-2-9(10)5-8;11-4-3-9-7-1-2-8(5-7)10(9)6-12;10-4-8-6-1-2-7(3-6)9(8)5-11;3*1-3-2/h8-9,11-12H,1-7H2;7-12H,1-6H2;6-11H,1-5H2;3*3H2,1-2H3. The number of aliphatic hydroxyl groups excluding tert-OH is 6. The van der Waals surface area contributed by atoms with Crippen molar-refractivity contribution in [2.75, 3.05) is 39.6 Å². The summed E-state index contributed by atoms with van der Waals surface area (Å²) < 4.78 is 0. The summed E-state index contributed by atoms with van der Waals surface area (Å²) in [7, 11) is 0. The summed E-state index contributed by atoms with van der Waals surface area (Å²) in [6, 6.07) is 0. The van der Waals surface area contributed by atoms with Gasteiger partial charge in [0.25, 0.3) is 0 Å². The molecule has 0 aliphatic heterocycles. The molecule has 6 bridgehead atoms. The largest absolute Gasteiger partial charge is 0.396 e. The maximum atomic E-state index is 9.36. The molecule has 6 saturated carbocycles. The quantitative estimate of drug-likeness (QED) is 0.171. The highest BCUT2D eigenvalue weighted by molar-refractivity contribution is 5.00. The minimum absolute atomic E-state index is 0.109. The van der Waals surface area contributed by atoms with Crippen LogP contribution < -0.4 is 0 Å². The van der Waals surface area contributed by atoms with Gasteiger partial charge in [-0.15, -0.1) is 0 Å². The predicted molar refractivity (Wildman–Crippen MR) is 183 cm³/mol. The molecule has 11 atom stereocenters. The Morgan fingerprint density at radius 3 is 1.20 bits per heavy atom. The molecule has 11 unspecified atom stereocenters. The van der Waals surface area contributed by atoms with Crippen molar-refractivity contribution in [3.63, 3.8) is 0 Å². The SMILES string of the molecule is CCC.CCC.CCC.OCC1C2CCC(C2)C1CO.OCCC1(CO)CC2CCC1C2.OCCC1C2CCC(C2)C1CO. The van der Waals surface area contributed by atoms with Gasteiger partial charge in [-0.25, -0.2) is 0 Å². The number of rotatable bonds is 8. The molecule has 0 heterocycles. The van der Waals surface area contributed by atoms with Crippen molar-refractivity contribution in [1.82, 2.24) is 0 Å². The van der Waals surface area contributed by atoms with Gasteiger partial charge in [0, 0.05) is 39.6 Å². The summed E-state index contributed by atoms with van der Waals surface area (Å²) in [5, 5.41) is 54.5. The van der Waals surface area contributed by atoms with E-state index in [1.807, 2.05) is 0 Å². The van der Waals surface area contributed by atoms with E-state index in [-0.39, 0.29) is 31.8 Å². The lowest BCUT2D eigenvalue weighted by atomic mass is 9.71. The third-order valence-electron chi connectivity index (χ3n) is 11.7. The van der Waals surface area contributed by atoms with E-state index >= 15 is 0 Å². The molecule has 6 heteroatoms. The molecule has 0 amide bonds. The van der Waals surface area contributed by atoms with Gasteiger partial charge in [0.05, 0.1) is 0 Å². The van der Waals surface area contributed by atoms with Gasteiger partial charge >= 0.3 is 0 Å². The zero-order chi connectivity index (χ0) is 33.1. The lowest BCUT2D eigenvalue weighted by molar-refractivity contribution is 0.0390. The fourth-order valence-corrected chi connectivity index (χ4v) is 9.87. The van der Waals surface area contributed by atoms with Crippen LogP contribution in [0.3, 0.4) is 0 Å². The second-order valence-corrected chi connectivity index (χ2v) is 15.1.